The highest BCUT2D eigenvalue weighted by Crippen LogP contribution is 2.30. The summed E-state index contributed by atoms with van der Waals surface area (Å²) >= 11 is 1.41. The molecule has 1 heterocycles. The molecule has 1 unspecified atom stereocenters. The second kappa shape index (κ2) is 9.39. The summed E-state index contributed by atoms with van der Waals surface area (Å²) in [5, 5.41) is 8.53. The van der Waals surface area contributed by atoms with Crippen molar-refractivity contribution in [2.45, 2.75) is 40.5 Å². The Balaban J connectivity index is 1.65. The number of nitrogens with one attached hydrogen (secondary N) is 2. The van der Waals surface area contributed by atoms with Crippen molar-refractivity contribution in [3.8, 4) is 11.3 Å². The lowest BCUT2D eigenvalue weighted by Crippen LogP contribution is -2.18. The largest absolute Gasteiger partial charge is 0.329 e. The lowest BCUT2D eigenvalue weighted by molar-refractivity contribution is -0.117. The van der Waals surface area contributed by atoms with E-state index < -0.39 is 0 Å². The molecule has 0 fully saturated rings. The van der Waals surface area contributed by atoms with Gasteiger partial charge in [0.1, 0.15) is 5.82 Å². The lowest BCUT2D eigenvalue weighted by Gasteiger charge is -2.22. The topological polar surface area (TPSA) is 54.0 Å². The fourth-order valence-electron chi connectivity index (χ4n) is 3.54. The molecular weight excluding hydrogens is 397 g/mol. The summed E-state index contributed by atoms with van der Waals surface area (Å²) in [6, 6.07) is 14.1. The molecule has 0 spiro atoms. The summed E-state index contributed by atoms with van der Waals surface area (Å²) in [5.74, 6) is 0.0162. The van der Waals surface area contributed by atoms with E-state index in [2.05, 4.69) is 43.3 Å². The second-order valence-electron chi connectivity index (χ2n) is 8.85. The van der Waals surface area contributed by atoms with E-state index in [-0.39, 0.29) is 17.1 Å². The minimum Gasteiger partial charge on any atom is -0.329 e. The molecule has 6 heteroatoms. The molecule has 158 valence electrons. The summed E-state index contributed by atoms with van der Waals surface area (Å²) in [6.07, 6.45) is 1.49. The third kappa shape index (κ3) is 6.39. The van der Waals surface area contributed by atoms with Crippen LogP contribution in [-0.2, 0) is 4.79 Å². The van der Waals surface area contributed by atoms with E-state index in [1.807, 2.05) is 29.6 Å². The van der Waals surface area contributed by atoms with E-state index in [4.69, 9.17) is 0 Å². The Morgan fingerprint density at radius 1 is 1.17 bits per heavy atom. The van der Waals surface area contributed by atoms with Crippen molar-refractivity contribution in [1.82, 2.24) is 4.98 Å². The molecule has 1 atom stereocenters. The van der Waals surface area contributed by atoms with Gasteiger partial charge in [0.05, 0.1) is 11.4 Å². The van der Waals surface area contributed by atoms with Gasteiger partial charge in [0.15, 0.2) is 5.13 Å². The Morgan fingerprint density at radius 2 is 1.93 bits per heavy atom. The molecule has 0 bridgehead atoms. The van der Waals surface area contributed by atoms with Gasteiger partial charge in [0.25, 0.3) is 0 Å². The number of aromatic nitrogens is 1. The van der Waals surface area contributed by atoms with Crippen molar-refractivity contribution in [1.29, 1.82) is 0 Å². The molecule has 0 aliphatic rings. The molecule has 3 rings (SSSR count). The van der Waals surface area contributed by atoms with Gasteiger partial charge < -0.3 is 10.6 Å². The molecule has 1 amide bonds. The summed E-state index contributed by atoms with van der Waals surface area (Å²) in [7, 11) is 0. The summed E-state index contributed by atoms with van der Waals surface area (Å²) in [6.45, 7) is 8.68. The molecule has 0 radical (unpaired) electrons. The number of amides is 1. The van der Waals surface area contributed by atoms with Gasteiger partial charge in [0.2, 0.25) is 5.91 Å². The number of thiazole rings is 1. The Morgan fingerprint density at radius 3 is 2.67 bits per heavy atom. The average Bonchev–Trinajstić information content (AvgIpc) is 3.11. The molecule has 1 aromatic heterocycles. The van der Waals surface area contributed by atoms with E-state index >= 15 is 0 Å². The van der Waals surface area contributed by atoms with Gasteiger partial charge in [-0.2, -0.15) is 0 Å². The summed E-state index contributed by atoms with van der Waals surface area (Å²) in [4.78, 5) is 17.0. The lowest BCUT2D eigenvalue weighted by atomic mass is 9.84. The van der Waals surface area contributed by atoms with Gasteiger partial charge in [-0.25, -0.2) is 9.37 Å². The van der Waals surface area contributed by atoms with Crippen LogP contribution in [0.5, 0.6) is 0 Å². The Hall–Kier alpha value is -2.73. The normalized spacial score (nSPS) is 12.4. The number of anilines is 3. The van der Waals surface area contributed by atoms with Crippen LogP contribution in [0.2, 0.25) is 0 Å². The van der Waals surface area contributed by atoms with Crippen LogP contribution in [0.25, 0.3) is 11.3 Å². The third-order valence-electron chi connectivity index (χ3n) is 4.56. The molecule has 3 aromatic rings. The van der Waals surface area contributed by atoms with Crippen molar-refractivity contribution in [2.75, 3.05) is 10.6 Å². The van der Waals surface area contributed by atoms with Crippen molar-refractivity contribution >= 4 is 33.8 Å². The van der Waals surface area contributed by atoms with Crippen molar-refractivity contribution in [2.24, 2.45) is 11.3 Å². The maximum absolute atomic E-state index is 13.8. The molecule has 2 N–H and O–H groups in total. The Bertz CT molecular complexity index is 1010. The minimum absolute atomic E-state index is 0.0177. The molecule has 0 saturated heterocycles. The van der Waals surface area contributed by atoms with Crippen LogP contribution in [-0.4, -0.2) is 10.9 Å². The van der Waals surface area contributed by atoms with E-state index in [0.29, 0.717) is 23.2 Å². The maximum atomic E-state index is 13.8. The standard InChI is InChI=1S/C24H28FN3OS/c1-16(14-24(2,3)4)12-22(29)26-18-9-7-8-17(13-18)21-15-30-23(28-21)27-20-11-6-5-10-19(20)25/h5-11,13,15-16H,12,14H2,1-4H3,(H,26,29)(H,27,28). The highest BCUT2D eigenvalue weighted by atomic mass is 32.1. The zero-order chi connectivity index (χ0) is 21.7. The van der Waals surface area contributed by atoms with E-state index in [0.717, 1.165) is 23.4 Å². The van der Waals surface area contributed by atoms with Crippen LogP contribution in [0.4, 0.5) is 20.9 Å². The van der Waals surface area contributed by atoms with E-state index in [1.165, 1.54) is 17.4 Å². The number of carbonyl (C=O) groups excluding carboxylic acids is 1. The average molecular weight is 426 g/mol. The van der Waals surface area contributed by atoms with E-state index in [9.17, 15) is 9.18 Å². The quantitative estimate of drug-likeness (QED) is 0.425. The van der Waals surface area contributed by atoms with Crippen LogP contribution in [0, 0.1) is 17.2 Å². The number of nitrogens with zero attached hydrogens (tertiary/aromatic N) is 1. The van der Waals surface area contributed by atoms with Crippen LogP contribution in [0.1, 0.15) is 40.5 Å². The molecule has 0 aliphatic heterocycles. The SMILES string of the molecule is CC(CC(=O)Nc1cccc(-c2csc(Nc3ccccc3F)n2)c1)CC(C)(C)C. The zero-order valence-corrected chi connectivity index (χ0v) is 18.6. The smallest absolute Gasteiger partial charge is 0.224 e. The van der Waals surface area contributed by atoms with Gasteiger partial charge in [-0.1, -0.05) is 52.0 Å². The molecule has 0 aliphatic carbocycles. The number of hydrogen-bond acceptors (Lipinski definition) is 4. The first kappa shape index (κ1) is 22.0. The Labute approximate surface area is 181 Å². The number of benzene rings is 2. The highest BCUT2D eigenvalue weighted by molar-refractivity contribution is 7.14. The van der Waals surface area contributed by atoms with Crippen LogP contribution in [0.3, 0.4) is 0 Å². The van der Waals surface area contributed by atoms with Gasteiger partial charge in [0, 0.05) is 23.1 Å². The summed E-state index contributed by atoms with van der Waals surface area (Å²) in [5.41, 5.74) is 3.02. The fourth-order valence-corrected chi connectivity index (χ4v) is 4.28. The fraction of sp³-hybridized carbons (Fsp3) is 0.333. The molecule has 2 aromatic carbocycles. The number of halogens is 1. The maximum Gasteiger partial charge on any atom is 0.224 e. The van der Waals surface area contributed by atoms with Crippen LogP contribution < -0.4 is 10.6 Å². The van der Waals surface area contributed by atoms with Crippen molar-refractivity contribution in [3.63, 3.8) is 0 Å². The molecule has 0 saturated carbocycles. The van der Waals surface area contributed by atoms with Crippen LogP contribution in [0.15, 0.2) is 53.9 Å². The first-order valence-corrected chi connectivity index (χ1v) is 10.9. The van der Waals surface area contributed by atoms with Crippen molar-refractivity contribution < 1.29 is 9.18 Å². The van der Waals surface area contributed by atoms with E-state index in [1.54, 1.807) is 18.2 Å². The predicted octanol–water partition coefficient (Wildman–Crippen LogP) is 7.09. The van der Waals surface area contributed by atoms with Gasteiger partial charge in [-0.3, -0.25) is 4.79 Å². The minimum atomic E-state index is -0.320. The Kier molecular flexibility index (Phi) is 6.87. The van der Waals surface area contributed by atoms with Gasteiger partial charge >= 0.3 is 0 Å². The number of para-hydroxylation sites is 1. The summed E-state index contributed by atoms with van der Waals surface area (Å²) < 4.78 is 13.8. The number of hydrogen-bond donors (Lipinski definition) is 2. The molecule has 30 heavy (non-hydrogen) atoms. The number of carbonyl (C=O) groups is 1. The monoisotopic (exact) mass is 425 g/mol. The highest BCUT2D eigenvalue weighted by Gasteiger charge is 2.18. The number of rotatable bonds is 7. The predicted molar refractivity (Wildman–Crippen MR) is 124 cm³/mol. The second-order valence-corrected chi connectivity index (χ2v) is 9.70. The third-order valence-corrected chi connectivity index (χ3v) is 5.31. The van der Waals surface area contributed by atoms with Crippen LogP contribution >= 0.6 is 11.3 Å². The molecular formula is C24H28FN3OS. The van der Waals surface area contributed by atoms with Gasteiger partial charge in [-0.05, 0) is 42.0 Å². The zero-order valence-electron chi connectivity index (χ0n) is 17.8. The van der Waals surface area contributed by atoms with Gasteiger partial charge in [-0.15, -0.1) is 11.3 Å². The van der Waals surface area contributed by atoms with Crippen molar-refractivity contribution in [3.05, 3.63) is 59.7 Å². The first-order valence-electron chi connectivity index (χ1n) is 10.1. The first-order chi connectivity index (χ1) is 14.2. The molecule has 4 nitrogen and oxygen atoms in total.